The maximum absolute atomic E-state index is 13.4. The summed E-state index contributed by atoms with van der Waals surface area (Å²) >= 11 is 0. The smallest absolute Gasteiger partial charge is 0.220 e. The van der Waals surface area contributed by atoms with Gasteiger partial charge in [-0.15, -0.1) is 0 Å². The lowest BCUT2D eigenvalue weighted by molar-refractivity contribution is -0.379. The quantitative estimate of drug-likeness (QED) is 0.0199. The first kappa shape index (κ1) is 86.9. The molecular weight excluding hydrogens is 1230 g/mol. The molecule has 0 bridgehead atoms. The highest BCUT2D eigenvalue weighted by Crippen LogP contribution is 2.33. The van der Waals surface area contributed by atoms with Crippen molar-refractivity contribution >= 4 is 5.91 Å². The first-order chi connectivity index (χ1) is 46.8. The zero-order chi connectivity index (χ0) is 69.6. The monoisotopic (exact) mass is 1360 g/mol. The Labute approximate surface area is 577 Å². The summed E-state index contributed by atoms with van der Waals surface area (Å²) in [7, 11) is 0. The summed E-state index contributed by atoms with van der Waals surface area (Å²) in [6.45, 7) is 1.56. The molecule has 19 heteroatoms. The standard InChI is InChI=1S/C77H133NO18/c1-3-5-7-9-11-13-15-17-19-20-21-22-23-24-25-26-27-28-29-30-31-32-33-34-35-36-37-38-39-40-41-43-45-47-49-51-53-55-65(83)78-60(61(82)54-52-50-48-46-44-42-18-16-14-12-10-8-6-4-2)59-91-75-71(89)68(86)73(63(57-80)93-75)96-77-72(90)69(87)74(64(58-81)94-77)95-76-70(88)67(85)66(84)62(56-79)92-76/h5,7,11,13-14,16-17,19,21-22,24-25,44,46,52,54,60-64,66-77,79-82,84-90H,3-4,6,8-10,12,15,18,20,23,26-43,45,47-51,53,55-59H2,1-2H3,(H,78,83)/b7-5-,13-11-,16-14+,19-17-,22-21-,25-24-,46-44+,54-52+. The van der Waals surface area contributed by atoms with E-state index >= 15 is 0 Å². The molecule has 3 heterocycles. The molecule has 0 aromatic heterocycles. The van der Waals surface area contributed by atoms with Crippen molar-refractivity contribution in [1.29, 1.82) is 0 Å². The van der Waals surface area contributed by atoms with Gasteiger partial charge in [-0.3, -0.25) is 4.79 Å². The third kappa shape index (κ3) is 37.9. The van der Waals surface area contributed by atoms with Gasteiger partial charge in [0, 0.05) is 6.42 Å². The Kier molecular flexibility index (Phi) is 51.9. The van der Waals surface area contributed by atoms with E-state index in [1.807, 2.05) is 6.08 Å². The SMILES string of the molecule is CC/C=C\C/C=C\C/C=C\C/C=C\C/C=C\CCCCCCCCCCCCCCCCCCCCCCCC(=O)NC(COC1OC(CO)C(OC2OC(CO)C(OC3OC(CO)C(O)C(O)C3O)C(O)C2O)C(O)C1O)C(O)/C=C/CC/C=C/CC/C=C/CCCCCC. The van der Waals surface area contributed by atoms with E-state index in [2.05, 4.69) is 104 Å². The van der Waals surface area contributed by atoms with Crippen molar-refractivity contribution in [2.24, 2.45) is 0 Å². The number of rotatable bonds is 57. The summed E-state index contributed by atoms with van der Waals surface area (Å²) in [6.07, 6.45) is 49.9. The molecule has 17 unspecified atom stereocenters. The molecule has 0 aliphatic carbocycles. The van der Waals surface area contributed by atoms with Crippen LogP contribution in [0.2, 0.25) is 0 Å². The Bertz CT molecular complexity index is 2110. The van der Waals surface area contributed by atoms with Crippen molar-refractivity contribution in [2.45, 2.75) is 356 Å². The van der Waals surface area contributed by atoms with Gasteiger partial charge >= 0.3 is 0 Å². The molecule has 0 aromatic rings. The molecular formula is C77H133NO18. The fraction of sp³-hybridized carbons (Fsp3) is 0.779. The molecule has 96 heavy (non-hydrogen) atoms. The number of ether oxygens (including phenoxy) is 6. The summed E-state index contributed by atoms with van der Waals surface area (Å²) in [4.78, 5) is 13.4. The second-order valence-electron chi connectivity index (χ2n) is 26.4. The van der Waals surface area contributed by atoms with Gasteiger partial charge < -0.3 is 89.9 Å². The number of carbonyl (C=O) groups excluding carboxylic acids is 1. The van der Waals surface area contributed by atoms with Gasteiger partial charge in [0.15, 0.2) is 18.9 Å². The van der Waals surface area contributed by atoms with Gasteiger partial charge in [-0.25, -0.2) is 0 Å². The number of unbranched alkanes of at least 4 members (excludes halogenated alkanes) is 27. The van der Waals surface area contributed by atoms with Gasteiger partial charge in [0.1, 0.15) is 73.2 Å². The molecule has 0 radical (unpaired) electrons. The van der Waals surface area contributed by atoms with Crippen LogP contribution < -0.4 is 5.32 Å². The maximum atomic E-state index is 13.4. The highest BCUT2D eigenvalue weighted by Gasteiger charge is 2.53. The van der Waals surface area contributed by atoms with Crippen molar-refractivity contribution in [1.82, 2.24) is 5.32 Å². The molecule has 3 saturated heterocycles. The Balaban J connectivity index is 1.32. The lowest BCUT2D eigenvalue weighted by Gasteiger charge is -2.48. The van der Waals surface area contributed by atoms with Crippen LogP contribution in [0.4, 0.5) is 0 Å². The number of hydrogen-bond donors (Lipinski definition) is 12. The van der Waals surface area contributed by atoms with E-state index in [1.165, 1.54) is 141 Å². The molecule has 3 rings (SSSR count). The van der Waals surface area contributed by atoms with Crippen LogP contribution in [0, 0.1) is 0 Å². The topological polar surface area (TPSA) is 307 Å². The van der Waals surface area contributed by atoms with Crippen LogP contribution in [0.3, 0.4) is 0 Å². The molecule has 0 aromatic carbocycles. The first-order valence-corrected chi connectivity index (χ1v) is 37.5. The van der Waals surface area contributed by atoms with Crippen LogP contribution in [0.5, 0.6) is 0 Å². The average molecular weight is 1360 g/mol. The van der Waals surface area contributed by atoms with E-state index < -0.39 is 124 Å². The lowest BCUT2D eigenvalue weighted by Crippen LogP contribution is -2.66. The molecule has 3 aliphatic heterocycles. The number of nitrogens with one attached hydrogen (secondary N) is 1. The number of amides is 1. The van der Waals surface area contributed by atoms with E-state index in [9.17, 15) is 61.0 Å². The first-order valence-electron chi connectivity index (χ1n) is 37.5. The van der Waals surface area contributed by atoms with Gasteiger partial charge in [-0.2, -0.15) is 0 Å². The second-order valence-corrected chi connectivity index (χ2v) is 26.4. The van der Waals surface area contributed by atoms with Gasteiger partial charge in [-0.1, -0.05) is 252 Å². The second kappa shape index (κ2) is 57.3. The van der Waals surface area contributed by atoms with Crippen LogP contribution in [0.25, 0.3) is 0 Å². The molecule has 19 nitrogen and oxygen atoms in total. The van der Waals surface area contributed by atoms with Crippen molar-refractivity contribution in [3.8, 4) is 0 Å². The zero-order valence-electron chi connectivity index (χ0n) is 58.8. The highest BCUT2D eigenvalue weighted by atomic mass is 16.8. The molecule has 0 saturated carbocycles. The van der Waals surface area contributed by atoms with E-state index in [4.69, 9.17) is 28.4 Å². The van der Waals surface area contributed by atoms with Crippen LogP contribution in [-0.4, -0.2) is 193 Å². The van der Waals surface area contributed by atoms with Gasteiger partial charge in [0.25, 0.3) is 0 Å². The van der Waals surface area contributed by atoms with Gasteiger partial charge in [-0.05, 0) is 89.9 Å². The molecule has 0 spiro atoms. The molecule has 3 fully saturated rings. The molecule has 12 N–H and O–H groups in total. The average Bonchev–Trinajstić information content (AvgIpc) is 0.787. The van der Waals surface area contributed by atoms with Crippen LogP contribution >= 0.6 is 0 Å². The summed E-state index contributed by atoms with van der Waals surface area (Å²) in [6, 6.07) is -0.999. The number of hydrogen-bond acceptors (Lipinski definition) is 18. The predicted molar refractivity (Wildman–Crippen MR) is 378 cm³/mol. The van der Waals surface area contributed by atoms with Crippen molar-refractivity contribution in [3.63, 3.8) is 0 Å². The highest BCUT2D eigenvalue weighted by molar-refractivity contribution is 5.76. The van der Waals surface area contributed by atoms with Crippen LogP contribution in [0.1, 0.15) is 251 Å². The number of aliphatic hydroxyl groups is 11. The van der Waals surface area contributed by atoms with Crippen molar-refractivity contribution in [3.05, 3.63) is 97.2 Å². The van der Waals surface area contributed by atoms with E-state index in [-0.39, 0.29) is 18.9 Å². The Morgan fingerprint density at radius 1 is 0.385 bits per heavy atom. The van der Waals surface area contributed by atoms with Gasteiger partial charge in [0.2, 0.25) is 5.91 Å². The lowest BCUT2D eigenvalue weighted by atomic mass is 9.96. The summed E-state index contributed by atoms with van der Waals surface area (Å²) in [5.74, 6) is -0.290. The fourth-order valence-corrected chi connectivity index (χ4v) is 12.1. The number of carbonyl (C=O) groups is 1. The van der Waals surface area contributed by atoms with Crippen LogP contribution in [0.15, 0.2) is 97.2 Å². The zero-order valence-corrected chi connectivity index (χ0v) is 58.8. The number of allylic oxidation sites excluding steroid dienone is 15. The third-order valence-corrected chi connectivity index (χ3v) is 18.1. The molecule has 3 aliphatic rings. The maximum Gasteiger partial charge on any atom is 0.220 e. The molecule has 554 valence electrons. The summed E-state index contributed by atoms with van der Waals surface area (Å²) in [5.41, 5.74) is 0. The fourth-order valence-electron chi connectivity index (χ4n) is 12.1. The minimum atomic E-state index is -1.98. The normalized spacial score (nSPS) is 27.6. The Morgan fingerprint density at radius 2 is 0.729 bits per heavy atom. The van der Waals surface area contributed by atoms with E-state index in [0.717, 1.165) is 77.0 Å². The Hall–Kier alpha value is -3.29. The largest absolute Gasteiger partial charge is 0.394 e. The third-order valence-electron chi connectivity index (χ3n) is 18.1. The summed E-state index contributed by atoms with van der Waals surface area (Å²) in [5, 5.41) is 120. The predicted octanol–water partition coefficient (Wildman–Crippen LogP) is 11.2. The minimum absolute atomic E-state index is 0.230. The van der Waals surface area contributed by atoms with E-state index in [1.54, 1.807) is 6.08 Å². The minimum Gasteiger partial charge on any atom is -0.394 e. The Morgan fingerprint density at radius 3 is 1.17 bits per heavy atom. The van der Waals surface area contributed by atoms with Crippen molar-refractivity contribution in [2.75, 3.05) is 26.4 Å². The van der Waals surface area contributed by atoms with Crippen LogP contribution in [-0.2, 0) is 33.2 Å². The molecule has 17 atom stereocenters. The number of aliphatic hydroxyl groups excluding tert-OH is 11. The summed E-state index contributed by atoms with van der Waals surface area (Å²) < 4.78 is 34.3. The van der Waals surface area contributed by atoms with Crippen molar-refractivity contribution < 1.29 is 89.4 Å². The van der Waals surface area contributed by atoms with Gasteiger partial charge in [0.05, 0.1) is 38.6 Å². The molecule has 1 amide bonds. The van der Waals surface area contributed by atoms with E-state index in [0.29, 0.717) is 12.8 Å².